The standard InChI is InChI=1S/C16H19N5OS2/c1-10(13(22)18-12-7-5-6-11(8-12)9-17)23-15-21-20-14(24-15)19-16(2,3)4/h5-8,10H,1-4H3,(H,18,22)(H,19,20). The molecule has 1 unspecified atom stereocenters. The van der Waals surface area contributed by atoms with Gasteiger partial charge in [-0.3, -0.25) is 4.79 Å². The first kappa shape index (κ1) is 18.2. The Balaban J connectivity index is 1.95. The van der Waals surface area contributed by atoms with Gasteiger partial charge in [-0.15, -0.1) is 10.2 Å². The summed E-state index contributed by atoms with van der Waals surface area (Å²) in [4.78, 5) is 12.3. The van der Waals surface area contributed by atoms with Crippen LogP contribution in [0, 0.1) is 11.3 Å². The molecule has 2 N–H and O–H groups in total. The van der Waals surface area contributed by atoms with E-state index in [-0.39, 0.29) is 16.7 Å². The van der Waals surface area contributed by atoms with Crippen LogP contribution in [0.25, 0.3) is 0 Å². The summed E-state index contributed by atoms with van der Waals surface area (Å²) in [5.41, 5.74) is 1.03. The number of carbonyl (C=O) groups excluding carboxylic acids is 1. The SMILES string of the molecule is CC(Sc1nnc(NC(C)(C)C)s1)C(=O)Nc1cccc(C#N)c1. The van der Waals surface area contributed by atoms with Gasteiger partial charge in [-0.2, -0.15) is 5.26 Å². The van der Waals surface area contributed by atoms with E-state index in [1.165, 1.54) is 23.1 Å². The summed E-state index contributed by atoms with van der Waals surface area (Å²) in [6.45, 7) is 7.96. The predicted molar refractivity (Wildman–Crippen MR) is 98.4 cm³/mol. The van der Waals surface area contributed by atoms with Gasteiger partial charge in [0.25, 0.3) is 0 Å². The largest absolute Gasteiger partial charge is 0.355 e. The van der Waals surface area contributed by atoms with E-state index in [0.29, 0.717) is 11.3 Å². The Morgan fingerprint density at radius 2 is 2.12 bits per heavy atom. The van der Waals surface area contributed by atoms with Gasteiger partial charge in [0.2, 0.25) is 11.0 Å². The van der Waals surface area contributed by atoms with E-state index in [1.807, 2.05) is 27.7 Å². The van der Waals surface area contributed by atoms with Gasteiger partial charge in [0, 0.05) is 11.2 Å². The predicted octanol–water partition coefficient (Wildman–Crippen LogP) is 3.74. The van der Waals surface area contributed by atoms with Crippen LogP contribution in [-0.4, -0.2) is 26.9 Å². The van der Waals surface area contributed by atoms with E-state index < -0.39 is 0 Å². The van der Waals surface area contributed by atoms with Crippen LogP contribution in [0.1, 0.15) is 33.3 Å². The molecule has 2 rings (SSSR count). The number of benzene rings is 1. The normalized spacial score (nSPS) is 12.3. The number of amides is 1. The molecular formula is C16H19N5OS2. The Morgan fingerprint density at radius 1 is 1.38 bits per heavy atom. The fraction of sp³-hybridized carbons (Fsp3) is 0.375. The van der Waals surface area contributed by atoms with Crippen molar-refractivity contribution in [3.63, 3.8) is 0 Å². The minimum Gasteiger partial charge on any atom is -0.355 e. The second-order valence-electron chi connectivity index (χ2n) is 6.19. The molecule has 1 heterocycles. The lowest BCUT2D eigenvalue weighted by Crippen LogP contribution is -2.25. The number of nitriles is 1. The van der Waals surface area contributed by atoms with Gasteiger partial charge < -0.3 is 10.6 Å². The minimum absolute atomic E-state index is 0.0871. The second-order valence-corrected chi connectivity index (χ2v) is 8.76. The van der Waals surface area contributed by atoms with E-state index in [2.05, 4.69) is 26.9 Å². The Bertz CT molecular complexity index is 760. The van der Waals surface area contributed by atoms with Gasteiger partial charge in [-0.05, 0) is 45.9 Å². The maximum atomic E-state index is 12.3. The summed E-state index contributed by atoms with van der Waals surface area (Å²) >= 11 is 2.78. The van der Waals surface area contributed by atoms with Crippen molar-refractivity contribution in [2.45, 2.75) is 42.8 Å². The topological polar surface area (TPSA) is 90.7 Å². The van der Waals surface area contributed by atoms with Gasteiger partial charge >= 0.3 is 0 Å². The van der Waals surface area contributed by atoms with Crippen LogP contribution in [0.2, 0.25) is 0 Å². The zero-order valence-corrected chi connectivity index (χ0v) is 15.6. The molecule has 0 aliphatic rings. The summed E-state index contributed by atoms with van der Waals surface area (Å²) in [7, 11) is 0. The number of carbonyl (C=O) groups is 1. The Labute approximate surface area is 149 Å². The first-order valence-corrected chi connectivity index (χ1v) is 9.06. The monoisotopic (exact) mass is 361 g/mol. The highest BCUT2D eigenvalue weighted by atomic mass is 32.2. The number of hydrogen-bond acceptors (Lipinski definition) is 7. The Hall–Kier alpha value is -2.11. The lowest BCUT2D eigenvalue weighted by Gasteiger charge is -2.18. The van der Waals surface area contributed by atoms with Crippen molar-refractivity contribution in [1.29, 1.82) is 5.26 Å². The quantitative estimate of drug-likeness (QED) is 0.788. The molecule has 2 aromatic rings. The van der Waals surface area contributed by atoms with Crippen molar-refractivity contribution < 1.29 is 4.79 Å². The zero-order chi connectivity index (χ0) is 17.7. The first-order chi connectivity index (χ1) is 11.3. The van der Waals surface area contributed by atoms with Gasteiger partial charge in [-0.25, -0.2) is 0 Å². The number of hydrogen-bond donors (Lipinski definition) is 2. The molecule has 0 bridgehead atoms. The Kier molecular flexibility index (Phi) is 5.80. The summed E-state index contributed by atoms with van der Waals surface area (Å²) < 4.78 is 0.732. The Morgan fingerprint density at radius 3 is 2.79 bits per heavy atom. The van der Waals surface area contributed by atoms with E-state index in [1.54, 1.807) is 24.3 Å². The highest BCUT2D eigenvalue weighted by molar-refractivity contribution is 8.02. The van der Waals surface area contributed by atoms with E-state index in [0.717, 1.165) is 9.47 Å². The van der Waals surface area contributed by atoms with Crippen molar-refractivity contribution in [2.75, 3.05) is 10.6 Å². The van der Waals surface area contributed by atoms with Gasteiger partial charge in [0.15, 0.2) is 4.34 Å². The fourth-order valence-electron chi connectivity index (χ4n) is 1.74. The first-order valence-electron chi connectivity index (χ1n) is 7.36. The molecule has 0 aliphatic heterocycles. The van der Waals surface area contributed by atoms with Crippen molar-refractivity contribution in [3.8, 4) is 6.07 Å². The molecule has 0 fully saturated rings. The lowest BCUT2D eigenvalue weighted by molar-refractivity contribution is -0.115. The molecule has 0 saturated heterocycles. The van der Waals surface area contributed by atoms with Crippen LogP contribution in [0.4, 0.5) is 10.8 Å². The third-order valence-corrected chi connectivity index (χ3v) is 4.82. The van der Waals surface area contributed by atoms with Crippen molar-refractivity contribution in [1.82, 2.24) is 10.2 Å². The van der Waals surface area contributed by atoms with Gasteiger partial charge in [0.1, 0.15) is 0 Å². The molecule has 1 amide bonds. The van der Waals surface area contributed by atoms with E-state index in [4.69, 9.17) is 5.26 Å². The van der Waals surface area contributed by atoms with Crippen LogP contribution >= 0.6 is 23.1 Å². The van der Waals surface area contributed by atoms with E-state index >= 15 is 0 Å². The molecule has 1 aromatic carbocycles. The molecule has 6 nitrogen and oxygen atoms in total. The van der Waals surface area contributed by atoms with E-state index in [9.17, 15) is 4.79 Å². The van der Waals surface area contributed by atoms with Crippen molar-refractivity contribution in [2.24, 2.45) is 0 Å². The maximum Gasteiger partial charge on any atom is 0.237 e. The summed E-state index contributed by atoms with van der Waals surface area (Å²) in [6.07, 6.45) is 0. The number of nitrogens with one attached hydrogen (secondary N) is 2. The average Bonchev–Trinajstić information content (AvgIpc) is 2.92. The molecule has 24 heavy (non-hydrogen) atoms. The molecule has 0 spiro atoms. The van der Waals surface area contributed by atoms with Crippen LogP contribution in [0.15, 0.2) is 28.6 Å². The molecule has 126 valence electrons. The third-order valence-electron chi connectivity index (χ3n) is 2.79. The highest BCUT2D eigenvalue weighted by Gasteiger charge is 2.19. The fourth-order valence-corrected chi connectivity index (χ4v) is 3.85. The maximum absolute atomic E-state index is 12.3. The number of anilines is 2. The van der Waals surface area contributed by atoms with Crippen LogP contribution in [-0.2, 0) is 4.79 Å². The summed E-state index contributed by atoms with van der Waals surface area (Å²) in [5, 5.41) is 23.6. The van der Waals surface area contributed by atoms with Crippen LogP contribution < -0.4 is 10.6 Å². The third kappa shape index (κ3) is 5.51. The van der Waals surface area contributed by atoms with Gasteiger partial charge in [0.05, 0.1) is 16.9 Å². The average molecular weight is 361 g/mol. The molecule has 1 aromatic heterocycles. The summed E-state index contributed by atoms with van der Waals surface area (Å²) in [6, 6.07) is 8.88. The number of nitrogens with zero attached hydrogens (tertiary/aromatic N) is 3. The number of aromatic nitrogens is 2. The minimum atomic E-state index is -0.328. The zero-order valence-electron chi connectivity index (χ0n) is 14.0. The van der Waals surface area contributed by atoms with Crippen LogP contribution in [0.5, 0.6) is 0 Å². The molecule has 0 saturated carbocycles. The van der Waals surface area contributed by atoms with Gasteiger partial charge in [-0.1, -0.05) is 29.2 Å². The number of thioether (sulfide) groups is 1. The molecular weight excluding hydrogens is 342 g/mol. The summed E-state index contributed by atoms with van der Waals surface area (Å²) in [5.74, 6) is -0.143. The molecule has 1 atom stereocenters. The number of rotatable bonds is 5. The van der Waals surface area contributed by atoms with Crippen LogP contribution in [0.3, 0.4) is 0 Å². The lowest BCUT2D eigenvalue weighted by atomic mass is 10.1. The molecule has 0 radical (unpaired) electrons. The van der Waals surface area contributed by atoms with Crippen molar-refractivity contribution in [3.05, 3.63) is 29.8 Å². The molecule has 0 aliphatic carbocycles. The second kappa shape index (κ2) is 7.64. The smallest absolute Gasteiger partial charge is 0.237 e. The van der Waals surface area contributed by atoms with Crippen molar-refractivity contribution >= 4 is 39.8 Å². The highest BCUT2D eigenvalue weighted by Crippen LogP contribution is 2.30. The molecule has 8 heteroatoms.